The van der Waals surface area contributed by atoms with E-state index in [1.165, 1.54) is 0 Å². The fraction of sp³-hybridized carbons (Fsp3) is 0.500. The Morgan fingerprint density at radius 2 is 2.33 bits per heavy atom. The zero-order valence-electron chi connectivity index (χ0n) is 6.03. The van der Waals surface area contributed by atoms with E-state index in [9.17, 15) is 4.79 Å². The molecule has 0 fully saturated rings. The smallest absolute Gasteiger partial charge is 0.220 e. The van der Waals surface area contributed by atoms with Crippen LogP contribution in [0.2, 0.25) is 12.6 Å². The first kappa shape index (κ1) is 8.43. The first-order valence-electron chi connectivity index (χ1n) is 3.12. The lowest BCUT2D eigenvalue weighted by atomic mass is 10.5. The summed E-state index contributed by atoms with van der Waals surface area (Å²) in [6.45, 7) is 7.46. The largest absolute Gasteiger partial charge is 0.331 e. The van der Waals surface area contributed by atoms with E-state index >= 15 is 0 Å². The molecular weight excluding hydrogens is 130 g/mol. The number of hydrogen-bond acceptors (Lipinski definition) is 1. The van der Waals surface area contributed by atoms with Gasteiger partial charge >= 0.3 is 0 Å². The number of allylic oxidation sites excluding steroid dienone is 1. The van der Waals surface area contributed by atoms with Gasteiger partial charge in [0.25, 0.3) is 0 Å². The summed E-state index contributed by atoms with van der Waals surface area (Å²) in [5.74, 6) is 0.122. The van der Waals surface area contributed by atoms with Gasteiger partial charge in [0.2, 0.25) is 5.91 Å². The van der Waals surface area contributed by atoms with E-state index in [1.807, 2.05) is 0 Å². The van der Waals surface area contributed by atoms with Gasteiger partial charge in [-0.2, -0.15) is 0 Å². The predicted octanol–water partition coefficient (Wildman–Crippen LogP) is 0.271. The molecule has 1 amide bonds. The van der Waals surface area contributed by atoms with Gasteiger partial charge < -0.3 is 5.32 Å². The van der Waals surface area contributed by atoms with Gasteiger partial charge in [-0.3, -0.25) is 4.79 Å². The van der Waals surface area contributed by atoms with Crippen LogP contribution in [0.1, 0.15) is 6.92 Å². The summed E-state index contributed by atoms with van der Waals surface area (Å²) in [5.41, 5.74) is 0.738. The summed E-state index contributed by atoms with van der Waals surface area (Å²) in [4.78, 5) is 10.7. The second-order valence-corrected chi connectivity index (χ2v) is 3.58. The molecule has 0 heterocycles. The normalized spacial score (nSPS) is 10.0. The van der Waals surface area contributed by atoms with Crippen LogP contribution in [0.4, 0.5) is 0 Å². The monoisotopic (exact) mass is 143 g/mol. The highest BCUT2D eigenvalue weighted by molar-refractivity contribution is 6.39. The SMILES string of the molecule is C=C(C)NC(=O)C[SiH2]C. The van der Waals surface area contributed by atoms with Crippen molar-refractivity contribution in [2.45, 2.75) is 19.5 Å². The van der Waals surface area contributed by atoms with E-state index in [2.05, 4.69) is 18.4 Å². The van der Waals surface area contributed by atoms with Crippen LogP contribution in [0.3, 0.4) is 0 Å². The summed E-state index contributed by atoms with van der Waals surface area (Å²) >= 11 is 0. The highest BCUT2D eigenvalue weighted by Gasteiger charge is 1.95. The molecule has 0 radical (unpaired) electrons. The average Bonchev–Trinajstić information content (AvgIpc) is 1.63. The molecular formula is C6H13NOSi. The quantitative estimate of drug-likeness (QED) is 0.565. The molecule has 2 nitrogen and oxygen atoms in total. The number of rotatable bonds is 3. The van der Waals surface area contributed by atoms with Crippen molar-refractivity contribution in [1.82, 2.24) is 5.32 Å². The Hall–Kier alpha value is -0.573. The Balaban J connectivity index is 3.39. The van der Waals surface area contributed by atoms with Crippen molar-refractivity contribution in [3.05, 3.63) is 12.3 Å². The van der Waals surface area contributed by atoms with E-state index in [0.29, 0.717) is 0 Å². The van der Waals surface area contributed by atoms with Gasteiger partial charge in [-0.25, -0.2) is 0 Å². The van der Waals surface area contributed by atoms with Gasteiger partial charge in [-0.05, 0) is 6.92 Å². The topological polar surface area (TPSA) is 29.1 Å². The van der Waals surface area contributed by atoms with Crippen LogP contribution in [0.5, 0.6) is 0 Å². The molecule has 0 saturated carbocycles. The van der Waals surface area contributed by atoms with E-state index in [0.717, 1.165) is 11.7 Å². The van der Waals surface area contributed by atoms with E-state index in [1.54, 1.807) is 6.92 Å². The lowest BCUT2D eigenvalue weighted by molar-refractivity contribution is -0.118. The molecule has 9 heavy (non-hydrogen) atoms. The number of nitrogens with one attached hydrogen (secondary N) is 1. The van der Waals surface area contributed by atoms with Gasteiger partial charge in [0.05, 0.1) is 0 Å². The van der Waals surface area contributed by atoms with Crippen LogP contribution in [-0.2, 0) is 4.79 Å². The van der Waals surface area contributed by atoms with Crippen LogP contribution in [0.25, 0.3) is 0 Å². The molecule has 0 aliphatic carbocycles. The molecule has 0 aliphatic rings. The zero-order valence-corrected chi connectivity index (χ0v) is 7.44. The highest BCUT2D eigenvalue weighted by Crippen LogP contribution is 1.82. The van der Waals surface area contributed by atoms with Crippen LogP contribution < -0.4 is 5.32 Å². The van der Waals surface area contributed by atoms with Crippen LogP contribution >= 0.6 is 0 Å². The van der Waals surface area contributed by atoms with Crippen molar-refractivity contribution in [1.29, 1.82) is 0 Å². The van der Waals surface area contributed by atoms with Crippen LogP contribution in [0.15, 0.2) is 12.3 Å². The van der Waals surface area contributed by atoms with Crippen LogP contribution in [-0.4, -0.2) is 15.4 Å². The third kappa shape index (κ3) is 5.30. The van der Waals surface area contributed by atoms with Crippen molar-refractivity contribution in [3.63, 3.8) is 0 Å². The van der Waals surface area contributed by atoms with Crippen molar-refractivity contribution < 1.29 is 4.79 Å². The van der Waals surface area contributed by atoms with Crippen molar-refractivity contribution in [3.8, 4) is 0 Å². The fourth-order valence-electron chi connectivity index (χ4n) is 0.528. The molecule has 1 N–H and O–H groups in total. The standard InChI is InChI=1S/C6H13NOSi/c1-5(2)7-6(8)4-9-3/h1,4,9H2,2-3H3,(H,7,8). The molecule has 0 atom stereocenters. The summed E-state index contributed by atoms with van der Waals surface area (Å²) in [7, 11) is -0.130. The molecule has 52 valence electrons. The first-order chi connectivity index (χ1) is 4.16. The second kappa shape index (κ2) is 4.32. The van der Waals surface area contributed by atoms with Gasteiger partial charge in [0.15, 0.2) is 0 Å². The minimum absolute atomic E-state index is 0.122. The Morgan fingerprint density at radius 3 is 2.67 bits per heavy atom. The molecule has 3 heteroatoms. The maximum absolute atomic E-state index is 10.7. The molecule has 0 aromatic rings. The van der Waals surface area contributed by atoms with Crippen molar-refractivity contribution >= 4 is 15.4 Å². The Bertz CT molecular complexity index is 122. The van der Waals surface area contributed by atoms with E-state index in [4.69, 9.17) is 0 Å². The second-order valence-electron chi connectivity index (χ2n) is 2.08. The average molecular weight is 143 g/mol. The molecule has 0 bridgehead atoms. The summed E-state index contributed by atoms with van der Waals surface area (Å²) in [5, 5.41) is 2.64. The van der Waals surface area contributed by atoms with Gasteiger partial charge in [-0.15, -0.1) is 0 Å². The Labute approximate surface area is 58.2 Å². The minimum atomic E-state index is -0.130. The van der Waals surface area contributed by atoms with E-state index < -0.39 is 0 Å². The van der Waals surface area contributed by atoms with Crippen molar-refractivity contribution in [2.75, 3.05) is 0 Å². The maximum atomic E-state index is 10.7. The molecule has 0 aromatic carbocycles. The summed E-state index contributed by atoms with van der Waals surface area (Å²) < 4.78 is 0. The number of carbonyl (C=O) groups excluding carboxylic acids is 1. The first-order valence-corrected chi connectivity index (χ1v) is 5.53. The van der Waals surface area contributed by atoms with Crippen molar-refractivity contribution in [2.24, 2.45) is 0 Å². The predicted molar refractivity (Wildman–Crippen MR) is 42.2 cm³/mol. The van der Waals surface area contributed by atoms with Crippen LogP contribution in [0, 0.1) is 0 Å². The highest BCUT2D eigenvalue weighted by atomic mass is 28.2. The molecule has 0 spiro atoms. The molecule has 0 saturated heterocycles. The molecule has 0 aromatic heterocycles. The zero-order chi connectivity index (χ0) is 7.28. The Morgan fingerprint density at radius 1 is 1.78 bits per heavy atom. The lowest BCUT2D eigenvalue weighted by Crippen LogP contribution is -2.20. The third-order valence-electron chi connectivity index (χ3n) is 0.830. The fourth-order valence-corrected chi connectivity index (χ4v) is 1.11. The number of hydrogen-bond donors (Lipinski definition) is 1. The van der Waals surface area contributed by atoms with Gasteiger partial charge in [0.1, 0.15) is 0 Å². The van der Waals surface area contributed by atoms with Gasteiger partial charge in [-0.1, -0.05) is 13.1 Å². The van der Waals surface area contributed by atoms with Gasteiger partial charge in [0, 0.05) is 21.3 Å². The summed E-state index contributed by atoms with van der Waals surface area (Å²) in [6.07, 6.45) is 0. The molecule has 0 unspecified atom stereocenters. The number of carbonyl (C=O) groups is 1. The molecule has 0 rings (SSSR count). The van der Waals surface area contributed by atoms with E-state index in [-0.39, 0.29) is 15.4 Å². The third-order valence-corrected chi connectivity index (χ3v) is 1.78. The minimum Gasteiger partial charge on any atom is -0.331 e. The molecule has 0 aliphatic heterocycles. The number of amides is 1. The Kier molecular flexibility index (Phi) is 4.04. The summed E-state index contributed by atoms with van der Waals surface area (Å²) in [6, 6.07) is 0.729. The maximum Gasteiger partial charge on any atom is 0.220 e. The lowest BCUT2D eigenvalue weighted by Gasteiger charge is -1.99.